The van der Waals surface area contributed by atoms with Crippen LogP contribution in [0.4, 0.5) is 17.1 Å². The van der Waals surface area contributed by atoms with Crippen LogP contribution >= 0.6 is 0 Å². The number of fused-ring (bicyclic) bond motifs is 10. The Kier molecular flexibility index (Phi) is 10.3. The second-order valence-electron chi connectivity index (χ2n) is 20.7. The molecule has 0 aromatic heterocycles. The first kappa shape index (κ1) is 41.7. The van der Waals surface area contributed by atoms with E-state index < -0.39 is 0 Å². The third-order valence-corrected chi connectivity index (χ3v) is 13.1. The lowest BCUT2D eigenvalue weighted by molar-refractivity contribution is 0.469. The summed E-state index contributed by atoms with van der Waals surface area (Å²) in [6, 6.07) is 61.1. The van der Waals surface area contributed by atoms with Crippen molar-refractivity contribution in [3.63, 3.8) is 0 Å². The van der Waals surface area contributed by atoms with Gasteiger partial charge in [0.15, 0.2) is 0 Å². The molecule has 1 nitrogen and oxygen atoms in total. The molecule has 0 amide bonds. The van der Waals surface area contributed by atoms with E-state index >= 15 is 0 Å². The lowest BCUT2D eigenvalue weighted by atomic mass is 9.73. The molecule has 0 heterocycles. The van der Waals surface area contributed by atoms with Crippen LogP contribution < -0.4 is 4.90 Å². The molecule has 1 spiro atoms. The fourth-order valence-corrected chi connectivity index (χ4v) is 10.2. The predicted molar refractivity (Wildman–Crippen MR) is 270 cm³/mol. The Morgan fingerprint density at radius 1 is 0.508 bits per heavy atom. The third-order valence-electron chi connectivity index (χ3n) is 13.1. The minimum atomic E-state index is -0.359. The molecular formula is C62H59N. The second-order valence-corrected chi connectivity index (χ2v) is 20.7. The van der Waals surface area contributed by atoms with Crippen molar-refractivity contribution in [1.82, 2.24) is 0 Å². The molecular weight excluding hydrogens is 759 g/mol. The van der Waals surface area contributed by atoms with Crippen LogP contribution in [0.1, 0.15) is 102 Å². The molecule has 63 heavy (non-hydrogen) atoms. The molecule has 1 unspecified atom stereocenters. The van der Waals surface area contributed by atoms with Crippen molar-refractivity contribution in [3.8, 4) is 45.7 Å². The van der Waals surface area contributed by atoms with Crippen molar-refractivity contribution in [1.29, 1.82) is 0 Å². The van der Waals surface area contributed by atoms with E-state index in [2.05, 4.69) is 243 Å². The van der Waals surface area contributed by atoms with Gasteiger partial charge in [0.1, 0.15) is 0 Å². The van der Waals surface area contributed by atoms with Gasteiger partial charge in [-0.1, -0.05) is 202 Å². The Bertz CT molecular complexity index is 2980. The molecule has 0 radical (unpaired) electrons. The van der Waals surface area contributed by atoms with Crippen LogP contribution in [0.25, 0.3) is 39.0 Å². The maximum Gasteiger partial charge on any atom is 0.0510 e. The first-order valence-corrected chi connectivity index (χ1v) is 22.5. The van der Waals surface area contributed by atoms with Gasteiger partial charge in [0.25, 0.3) is 0 Å². The van der Waals surface area contributed by atoms with Crippen LogP contribution in [0.15, 0.2) is 182 Å². The molecule has 0 saturated carbocycles. The van der Waals surface area contributed by atoms with E-state index in [1.54, 1.807) is 0 Å². The zero-order valence-corrected chi connectivity index (χ0v) is 38.5. The Labute approximate surface area is 376 Å². The monoisotopic (exact) mass is 817 g/mol. The summed E-state index contributed by atoms with van der Waals surface area (Å²) in [6.45, 7) is 20.2. The van der Waals surface area contributed by atoms with E-state index in [0.29, 0.717) is 5.41 Å². The topological polar surface area (TPSA) is 3.24 Å². The summed E-state index contributed by atoms with van der Waals surface area (Å²) in [5, 5.41) is 0. The molecule has 7 aromatic rings. The average Bonchev–Trinajstić information content (AvgIpc) is 3.83. The van der Waals surface area contributed by atoms with Crippen molar-refractivity contribution in [2.45, 2.75) is 79.6 Å². The Hall–Kier alpha value is -6.62. The van der Waals surface area contributed by atoms with E-state index in [-0.39, 0.29) is 16.2 Å². The first-order chi connectivity index (χ1) is 30.1. The SMILES string of the molecule is C#C/C=C(\C=C1/CC2(c3ccccc31)c1ccccc1-c1ccc(N(c3cccc(-c4ccccc4)c3)c3ccc4c(c3)C(C)(C)c3ccccc3-4)cc12)C(C)(C)C.CC(C)(C)C. The van der Waals surface area contributed by atoms with Gasteiger partial charge in [-0.3, -0.25) is 0 Å². The van der Waals surface area contributed by atoms with Crippen molar-refractivity contribution in [2.24, 2.45) is 10.8 Å². The second kappa shape index (κ2) is 15.6. The van der Waals surface area contributed by atoms with Gasteiger partial charge in [0, 0.05) is 22.5 Å². The summed E-state index contributed by atoms with van der Waals surface area (Å²) >= 11 is 0. The van der Waals surface area contributed by atoms with Crippen LogP contribution in [0.3, 0.4) is 0 Å². The van der Waals surface area contributed by atoms with Crippen molar-refractivity contribution in [2.75, 3.05) is 4.90 Å². The van der Waals surface area contributed by atoms with Crippen LogP contribution in [-0.2, 0) is 10.8 Å². The third kappa shape index (κ3) is 7.36. The van der Waals surface area contributed by atoms with Gasteiger partial charge in [-0.25, -0.2) is 0 Å². The largest absolute Gasteiger partial charge is 0.310 e. The van der Waals surface area contributed by atoms with E-state index in [9.17, 15) is 0 Å². The number of terminal acetylenes is 1. The molecule has 7 aromatic carbocycles. The van der Waals surface area contributed by atoms with Gasteiger partial charge < -0.3 is 4.90 Å². The highest BCUT2D eigenvalue weighted by molar-refractivity contribution is 5.94. The highest BCUT2D eigenvalue weighted by atomic mass is 15.1. The maximum absolute atomic E-state index is 5.93. The molecule has 312 valence electrons. The lowest BCUT2D eigenvalue weighted by Gasteiger charge is -2.31. The smallest absolute Gasteiger partial charge is 0.0510 e. The van der Waals surface area contributed by atoms with Crippen LogP contribution in [0.2, 0.25) is 0 Å². The van der Waals surface area contributed by atoms with Gasteiger partial charge in [-0.15, -0.1) is 6.42 Å². The molecule has 0 aliphatic heterocycles. The maximum atomic E-state index is 5.93. The van der Waals surface area contributed by atoms with E-state index in [1.165, 1.54) is 77.9 Å². The van der Waals surface area contributed by atoms with Crippen LogP contribution in [-0.4, -0.2) is 0 Å². The average molecular weight is 818 g/mol. The molecule has 3 aliphatic rings. The molecule has 3 aliphatic carbocycles. The zero-order valence-electron chi connectivity index (χ0n) is 38.5. The number of benzene rings is 7. The molecule has 1 heteroatoms. The molecule has 0 saturated heterocycles. The van der Waals surface area contributed by atoms with Crippen LogP contribution in [0, 0.1) is 23.2 Å². The molecule has 0 fully saturated rings. The van der Waals surface area contributed by atoms with Crippen molar-refractivity contribution >= 4 is 22.6 Å². The Morgan fingerprint density at radius 3 is 1.60 bits per heavy atom. The summed E-state index contributed by atoms with van der Waals surface area (Å²) in [5.74, 6) is 2.84. The van der Waals surface area contributed by atoms with Gasteiger partial charge in [-0.2, -0.15) is 0 Å². The van der Waals surface area contributed by atoms with Gasteiger partial charge in [-0.05, 0) is 138 Å². The van der Waals surface area contributed by atoms with E-state index in [1.807, 2.05) is 6.08 Å². The van der Waals surface area contributed by atoms with Crippen LogP contribution in [0.5, 0.6) is 0 Å². The predicted octanol–water partition coefficient (Wildman–Crippen LogP) is 16.9. The molecule has 10 rings (SSSR count). The van der Waals surface area contributed by atoms with Gasteiger partial charge >= 0.3 is 0 Å². The highest BCUT2D eigenvalue weighted by Crippen LogP contribution is 2.62. The summed E-state index contributed by atoms with van der Waals surface area (Å²) in [7, 11) is 0. The molecule has 1 atom stereocenters. The summed E-state index contributed by atoms with van der Waals surface area (Å²) in [4.78, 5) is 2.48. The normalized spacial score (nSPS) is 17.2. The highest BCUT2D eigenvalue weighted by Gasteiger charge is 2.50. The molecule has 0 N–H and O–H groups in total. The van der Waals surface area contributed by atoms with E-state index in [0.717, 1.165) is 23.5 Å². The minimum absolute atomic E-state index is 0.0939. The zero-order chi connectivity index (χ0) is 44.3. The standard InChI is InChI=1S/C57H47N.C5H12/c1-7-18-41(55(2,3)4)33-40-37-57(51-27-15-11-23-45(40)51)52-28-16-13-25-47(52)49-32-30-44(36-54(49)57)58(42-22-17-21-39(34-42)38-19-9-8-10-20-38)43-29-31-48-46-24-12-14-26-50(46)56(5,6)53(48)35-43;1-5(2,3)4/h1,8-36H,37H2,2-6H3;1-4H3/b40-33+,41-18+;. The minimum Gasteiger partial charge on any atom is -0.310 e. The fraction of sp³-hybridized carbons (Fsp3) is 0.226. The summed E-state index contributed by atoms with van der Waals surface area (Å²) in [5.41, 5.74) is 21.6. The van der Waals surface area contributed by atoms with Crippen molar-refractivity contribution < 1.29 is 0 Å². The quantitative estimate of drug-likeness (QED) is 0.156. The Morgan fingerprint density at radius 2 is 0.984 bits per heavy atom. The van der Waals surface area contributed by atoms with E-state index in [4.69, 9.17) is 6.42 Å². The number of allylic oxidation sites excluding steroid dienone is 4. The number of anilines is 3. The first-order valence-electron chi connectivity index (χ1n) is 22.5. The fourth-order valence-electron chi connectivity index (χ4n) is 10.2. The Balaban J connectivity index is 0.000000956. The number of hydrogen-bond acceptors (Lipinski definition) is 1. The molecule has 0 bridgehead atoms. The summed E-state index contributed by atoms with van der Waals surface area (Å²) < 4.78 is 0. The van der Waals surface area contributed by atoms with Gasteiger partial charge in [0.05, 0.1) is 5.41 Å². The summed E-state index contributed by atoms with van der Waals surface area (Å²) in [6.07, 6.45) is 11.1. The van der Waals surface area contributed by atoms with Crippen molar-refractivity contribution in [3.05, 3.63) is 215 Å². The number of rotatable bonds is 5. The number of hydrogen-bond donors (Lipinski definition) is 0. The number of nitrogens with zero attached hydrogens (tertiary/aromatic N) is 1. The lowest BCUT2D eigenvalue weighted by Crippen LogP contribution is -2.24. The van der Waals surface area contributed by atoms with Gasteiger partial charge in [0.2, 0.25) is 0 Å².